The molecule has 1 heterocycles. The third-order valence-electron chi connectivity index (χ3n) is 3.77. The van der Waals surface area contributed by atoms with E-state index in [1.165, 1.54) is 16.7 Å². The molecule has 0 N–H and O–H groups in total. The summed E-state index contributed by atoms with van der Waals surface area (Å²) in [6, 6.07) is 14.7. The van der Waals surface area contributed by atoms with Crippen molar-refractivity contribution >= 4 is 0 Å². The summed E-state index contributed by atoms with van der Waals surface area (Å²) in [7, 11) is 0. The Hall–Kier alpha value is -1.96. The van der Waals surface area contributed by atoms with Crippen LogP contribution in [0.4, 0.5) is 0 Å². The smallest absolute Gasteiger partial charge is 0.126 e. The lowest BCUT2D eigenvalue weighted by Crippen LogP contribution is -2.10. The van der Waals surface area contributed by atoms with Crippen LogP contribution in [-0.4, -0.2) is 0 Å². The molecule has 0 radical (unpaired) electrons. The first-order valence-electron chi connectivity index (χ1n) is 6.40. The van der Waals surface area contributed by atoms with Crippen molar-refractivity contribution in [2.75, 3.05) is 0 Å². The Morgan fingerprint density at radius 3 is 2.83 bits per heavy atom. The second kappa shape index (κ2) is 3.77. The van der Waals surface area contributed by atoms with Crippen LogP contribution in [0.1, 0.15) is 29.2 Å². The summed E-state index contributed by atoms with van der Waals surface area (Å²) in [5.74, 6) is 1.95. The van der Waals surface area contributed by atoms with Crippen molar-refractivity contribution in [1.82, 2.24) is 0 Å². The molecule has 1 unspecified atom stereocenters. The molecule has 0 amide bonds. The molecule has 0 saturated carbocycles. The Kier molecular flexibility index (Phi) is 2.10. The number of hydrogen-bond acceptors (Lipinski definition) is 2. The Morgan fingerprint density at radius 2 is 2.00 bits per heavy atom. The molecule has 0 bridgehead atoms. The van der Waals surface area contributed by atoms with Gasteiger partial charge in [-0.25, -0.2) is 0 Å². The maximum Gasteiger partial charge on any atom is 0.126 e. The zero-order valence-corrected chi connectivity index (χ0v) is 10.1. The first-order chi connectivity index (χ1) is 8.90. The zero-order chi connectivity index (χ0) is 11.9. The minimum Gasteiger partial charge on any atom is -0.488 e. The van der Waals surface area contributed by atoms with Gasteiger partial charge in [0.25, 0.3) is 0 Å². The maximum absolute atomic E-state index is 6.12. The van der Waals surface area contributed by atoms with E-state index in [1.807, 2.05) is 12.1 Å². The molecule has 90 valence electrons. The van der Waals surface area contributed by atoms with Gasteiger partial charge >= 0.3 is 0 Å². The minimum absolute atomic E-state index is 0.209. The van der Waals surface area contributed by atoms with Crippen molar-refractivity contribution in [2.45, 2.75) is 25.6 Å². The van der Waals surface area contributed by atoms with Crippen molar-refractivity contribution in [3.63, 3.8) is 0 Å². The number of fused-ring (bicyclic) bond motifs is 2. The van der Waals surface area contributed by atoms with E-state index in [4.69, 9.17) is 9.47 Å². The number of rotatable bonds is 2. The SMILES string of the molecule is c1ccc2c(c1)CCC2Oc1ccc2c(c1)CO2. The van der Waals surface area contributed by atoms with Gasteiger partial charge in [-0.15, -0.1) is 0 Å². The molecule has 1 aliphatic carbocycles. The van der Waals surface area contributed by atoms with Gasteiger partial charge < -0.3 is 9.47 Å². The summed E-state index contributed by atoms with van der Waals surface area (Å²) in [5, 5.41) is 0. The van der Waals surface area contributed by atoms with Crippen LogP contribution in [0.3, 0.4) is 0 Å². The van der Waals surface area contributed by atoms with E-state index in [1.54, 1.807) is 0 Å². The second-order valence-corrected chi connectivity index (χ2v) is 4.90. The molecular formula is C16H14O2. The monoisotopic (exact) mass is 238 g/mol. The van der Waals surface area contributed by atoms with Crippen LogP contribution in [-0.2, 0) is 13.0 Å². The molecule has 2 heteroatoms. The van der Waals surface area contributed by atoms with E-state index in [0.717, 1.165) is 24.3 Å². The van der Waals surface area contributed by atoms with Crippen molar-refractivity contribution in [2.24, 2.45) is 0 Å². The molecule has 0 aromatic heterocycles. The van der Waals surface area contributed by atoms with Crippen molar-refractivity contribution in [1.29, 1.82) is 0 Å². The fourth-order valence-electron chi connectivity index (χ4n) is 2.76. The Balaban J connectivity index is 1.60. The molecule has 0 fully saturated rings. The Labute approximate surface area is 106 Å². The average molecular weight is 238 g/mol. The maximum atomic E-state index is 6.12. The van der Waals surface area contributed by atoms with E-state index >= 15 is 0 Å². The molecule has 2 aromatic rings. The van der Waals surface area contributed by atoms with Gasteiger partial charge in [-0.1, -0.05) is 24.3 Å². The molecular weight excluding hydrogens is 224 g/mol. The second-order valence-electron chi connectivity index (χ2n) is 4.90. The highest BCUT2D eigenvalue weighted by Crippen LogP contribution is 2.37. The van der Waals surface area contributed by atoms with Gasteiger partial charge in [0.2, 0.25) is 0 Å². The quantitative estimate of drug-likeness (QED) is 0.795. The topological polar surface area (TPSA) is 18.5 Å². The first kappa shape index (κ1) is 10.0. The predicted molar refractivity (Wildman–Crippen MR) is 68.9 cm³/mol. The fourth-order valence-corrected chi connectivity index (χ4v) is 2.76. The third-order valence-corrected chi connectivity index (χ3v) is 3.77. The molecule has 2 nitrogen and oxygen atoms in total. The molecule has 1 atom stereocenters. The molecule has 4 rings (SSSR count). The van der Waals surface area contributed by atoms with E-state index < -0.39 is 0 Å². The highest BCUT2D eigenvalue weighted by atomic mass is 16.5. The van der Waals surface area contributed by atoms with Gasteiger partial charge in [-0.05, 0) is 42.2 Å². The molecule has 0 saturated heterocycles. The van der Waals surface area contributed by atoms with Gasteiger partial charge in [-0.2, -0.15) is 0 Å². The standard InChI is InChI=1S/C16H14O2/c1-2-4-14-11(3-1)5-7-16(14)18-13-6-8-15-12(9-13)10-17-15/h1-4,6,8-9,16H,5,7,10H2. The van der Waals surface area contributed by atoms with Gasteiger partial charge in [0.05, 0.1) is 0 Å². The van der Waals surface area contributed by atoms with Crippen LogP contribution < -0.4 is 9.47 Å². The molecule has 2 aliphatic rings. The zero-order valence-electron chi connectivity index (χ0n) is 10.1. The molecule has 2 aromatic carbocycles. The Bertz CT molecular complexity index is 604. The lowest BCUT2D eigenvalue weighted by molar-refractivity contribution is 0.202. The highest BCUT2D eigenvalue weighted by molar-refractivity contribution is 5.44. The number of benzene rings is 2. The third kappa shape index (κ3) is 1.49. The van der Waals surface area contributed by atoms with Crippen molar-refractivity contribution in [3.8, 4) is 11.5 Å². The summed E-state index contributed by atoms with van der Waals surface area (Å²) in [4.78, 5) is 0. The summed E-state index contributed by atoms with van der Waals surface area (Å²) in [6.45, 7) is 0.716. The predicted octanol–water partition coefficient (Wildman–Crippen LogP) is 3.65. The van der Waals surface area contributed by atoms with Crippen LogP contribution >= 0.6 is 0 Å². The number of aryl methyl sites for hydroxylation is 1. The van der Waals surface area contributed by atoms with E-state index in [9.17, 15) is 0 Å². The van der Waals surface area contributed by atoms with E-state index in [-0.39, 0.29) is 6.10 Å². The highest BCUT2D eigenvalue weighted by Gasteiger charge is 2.24. The van der Waals surface area contributed by atoms with Crippen molar-refractivity contribution in [3.05, 3.63) is 59.2 Å². The summed E-state index contributed by atoms with van der Waals surface area (Å²) >= 11 is 0. The summed E-state index contributed by atoms with van der Waals surface area (Å²) < 4.78 is 11.4. The van der Waals surface area contributed by atoms with Gasteiger partial charge in [-0.3, -0.25) is 0 Å². The van der Waals surface area contributed by atoms with Crippen LogP contribution in [0.15, 0.2) is 42.5 Å². The van der Waals surface area contributed by atoms with Crippen LogP contribution in [0.25, 0.3) is 0 Å². The summed E-state index contributed by atoms with van der Waals surface area (Å²) in [6.07, 6.45) is 2.40. The lowest BCUT2D eigenvalue weighted by Gasteiger charge is -2.22. The molecule has 18 heavy (non-hydrogen) atoms. The van der Waals surface area contributed by atoms with Crippen LogP contribution in [0.2, 0.25) is 0 Å². The molecule has 0 spiro atoms. The lowest BCUT2D eigenvalue weighted by atomic mass is 10.1. The van der Waals surface area contributed by atoms with Gasteiger partial charge in [0, 0.05) is 5.56 Å². The molecule has 1 aliphatic heterocycles. The van der Waals surface area contributed by atoms with Gasteiger partial charge in [0.1, 0.15) is 24.2 Å². The number of ether oxygens (including phenoxy) is 2. The van der Waals surface area contributed by atoms with Gasteiger partial charge in [0.15, 0.2) is 0 Å². The Morgan fingerprint density at radius 1 is 1.06 bits per heavy atom. The van der Waals surface area contributed by atoms with Crippen molar-refractivity contribution < 1.29 is 9.47 Å². The largest absolute Gasteiger partial charge is 0.488 e. The van der Waals surface area contributed by atoms with E-state index in [0.29, 0.717) is 6.61 Å². The number of hydrogen-bond donors (Lipinski definition) is 0. The fraction of sp³-hybridized carbons (Fsp3) is 0.250. The first-order valence-corrected chi connectivity index (χ1v) is 6.40. The normalized spacial score (nSPS) is 19.4. The minimum atomic E-state index is 0.209. The van der Waals surface area contributed by atoms with E-state index in [2.05, 4.69) is 30.3 Å². The summed E-state index contributed by atoms with van der Waals surface area (Å²) in [5.41, 5.74) is 4.02. The van der Waals surface area contributed by atoms with Crippen LogP contribution in [0.5, 0.6) is 11.5 Å². The van der Waals surface area contributed by atoms with Crippen LogP contribution in [0, 0.1) is 0 Å². The average Bonchev–Trinajstić information content (AvgIpc) is 2.77.